The lowest BCUT2D eigenvalue weighted by molar-refractivity contribution is -0.146. The molecular formula is C21H19N3O4. The number of esters is 1. The third kappa shape index (κ3) is 4.70. The zero-order valence-electron chi connectivity index (χ0n) is 15.0. The number of nitrogens with two attached hydrogens (primary N) is 1. The number of benzene rings is 2. The highest BCUT2D eigenvalue weighted by Gasteiger charge is 2.24. The molecule has 0 saturated carbocycles. The smallest absolute Gasteiger partial charge is 0.308 e. The first-order valence-electron chi connectivity index (χ1n) is 8.68. The molecule has 0 spiro atoms. The van der Waals surface area contributed by atoms with E-state index in [2.05, 4.69) is 10.3 Å². The summed E-state index contributed by atoms with van der Waals surface area (Å²) < 4.78 is 5.16. The molecule has 3 aromatic rings. The monoisotopic (exact) mass is 377 g/mol. The number of pyridine rings is 1. The minimum Gasteiger partial charge on any atom is -0.461 e. The maximum absolute atomic E-state index is 12.6. The average Bonchev–Trinajstić information content (AvgIpc) is 2.72. The molecule has 7 nitrogen and oxygen atoms in total. The lowest BCUT2D eigenvalue weighted by Crippen LogP contribution is -2.46. The van der Waals surface area contributed by atoms with Gasteiger partial charge in [-0.15, -0.1) is 0 Å². The first-order chi connectivity index (χ1) is 13.5. The Labute approximate surface area is 161 Å². The summed E-state index contributed by atoms with van der Waals surface area (Å²) >= 11 is 0. The zero-order valence-corrected chi connectivity index (χ0v) is 15.0. The number of rotatable bonds is 7. The van der Waals surface area contributed by atoms with Crippen LogP contribution < -0.4 is 11.1 Å². The SMILES string of the molecule is NC(=O)[C@H](CC(=O)OCc1ccccc1)NC(=O)c1ccnc2ccccc12. The molecule has 1 heterocycles. The summed E-state index contributed by atoms with van der Waals surface area (Å²) in [6, 6.07) is 16.6. The standard InChI is InChI=1S/C21H19N3O4/c22-20(26)18(12-19(25)28-13-14-6-2-1-3-7-14)24-21(27)16-10-11-23-17-9-5-4-8-15(16)17/h1-11,18H,12-13H2,(H2,22,26)(H,24,27)/t18-/m0/s1. The van der Waals surface area contributed by atoms with Gasteiger partial charge in [-0.1, -0.05) is 48.5 Å². The van der Waals surface area contributed by atoms with Crippen molar-refractivity contribution in [1.82, 2.24) is 10.3 Å². The summed E-state index contributed by atoms with van der Waals surface area (Å²) in [7, 11) is 0. The second-order valence-electron chi connectivity index (χ2n) is 6.15. The summed E-state index contributed by atoms with van der Waals surface area (Å²) in [4.78, 5) is 40.6. The highest BCUT2D eigenvalue weighted by Crippen LogP contribution is 2.16. The number of fused-ring (bicyclic) bond motifs is 1. The van der Waals surface area contributed by atoms with Crippen molar-refractivity contribution in [3.63, 3.8) is 0 Å². The van der Waals surface area contributed by atoms with Crippen LogP contribution in [0.25, 0.3) is 10.9 Å². The number of hydrogen-bond donors (Lipinski definition) is 2. The number of nitrogens with one attached hydrogen (secondary N) is 1. The van der Waals surface area contributed by atoms with Crippen LogP contribution in [-0.2, 0) is 20.9 Å². The van der Waals surface area contributed by atoms with Gasteiger partial charge in [0.05, 0.1) is 17.5 Å². The Morgan fingerprint density at radius 2 is 1.71 bits per heavy atom. The van der Waals surface area contributed by atoms with Crippen molar-refractivity contribution in [2.45, 2.75) is 19.1 Å². The molecule has 0 unspecified atom stereocenters. The van der Waals surface area contributed by atoms with Crippen molar-refractivity contribution in [2.24, 2.45) is 5.73 Å². The van der Waals surface area contributed by atoms with Gasteiger partial charge in [0.2, 0.25) is 5.91 Å². The van der Waals surface area contributed by atoms with Crippen LogP contribution >= 0.6 is 0 Å². The predicted molar refractivity (Wildman–Crippen MR) is 103 cm³/mol. The van der Waals surface area contributed by atoms with Gasteiger partial charge in [-0.2, -0.15) is 0 Å². The van der Waals surface area contributed by atoms with E-state index in [4.69, 9.17) is 10.5 Å². The molecule has 1 aromatic heterocycles. The molecule has 0 bridgehead atoms. The van der Waals surface area contributed by atoms with Crippen LogP contribution in [0, 0.1) is 0 Å². The molecule has 0 aliphatic rings. The second-order valence-corrected chi connectivity index (χ2v) is 6.15. The van der Waals surface area contributed by atoms with E-state index in [1.54, 1.807) is 24.3 Å². The lowest BCUT2D eigenvalue weighted by Gasteiger charge is -2.15. The van der Waals surface area contributed by atoms with Gasteiger partial charge in [0.15, 0.2) is 0 Å². The number of carbonyl (C=O) groups excluding carboxylic acids is 3. The number of ether oxygens (including phenoxy) is 1. The van der Waals surface area contributed by atoms with Crippen molar-refractivity contribution in [3.05, 3.63) is 78.0 Å². The molecule has 0 saturated heterocycles. The highest BCUT2D eigenvalue weighted by atomic mass is 16.5. The molecule has 3 rings (SSSR count). The molecule has 0 aliphatic heterocycles. The van der Waals surface area contributed by atoms with E-state index >= 15 is 0 Å². The van der Waals surface area contributed by atoms with Crippen LogP contribution in [-0.4, -0.2) is 28.8 Å². The maximum atomic E-state index is 12.6. The Hall–Kier alpha value is -3.74. The van der Waals surface area contributed by atoms with Crippen molar-refractivity contribution in [2.75, 3.05) is 0 Å². The fourth-order valence-corrected chi connectivity index (χ4v) is 2.72. The van der Waals surface area contributed by atoms with Crippen LogP contribution in [0.2, 0.25) is 0 Å². The van der Waals surface area contributed by atoms with E-state index in [9.17, 15) is 14.4 Å². The lowest BCUT2D eigenvalue weighted by atomic mass is 10.1. The van der Waals surface area contributed by atoms with Crippen molar-refractivity contribution in [1.29, 1.82) is 0 Å². The number of carbonyl (C=O) groups is 3. The Bertz CT molecular complexity index is 999. The van der Waals surface area contributed by atoms with Crippen molar-refractivity contribution >= 4 is 28.7 Å². The van der Waals surface area contributed by atoms with Gasteiger partial charge in [-0.05, 0) is 17.7 Å². The van der Waals surface area contributed by atoms with Crippen LogP contribution in [0.4, 0.5) is 0 Å². The van der Waals surface area contributed by atoms with Gasteiger partial charge in [0.1, 0.15) is 12.6 Å². The summed E-state index contributed by atoms with van der Waals surface area (Å²) in [5.41, 5.74) is 7.16. The van der Waals surface area contributed by atoms with E-state index in [0.717, 1.165) is 5.56 Å². The number of nitrogens with zero attached hydrogens (tertiary/aromatic N) is 1. The van der Waals surface area contributed by atoms with Gasteiger partial charge < -0.3 is 15.8 Å². The maximum Gasteiger partial charge on any atom is 0.308 e. The van der Waals surface area contributed by atoms with E-state index in [1.807, 2.05) is 36.4 Å². The van der Waals surface area contributed by atoms with E-state index < -0.39 is 23.8 Å². The first kappa shape index (κ1) is 19.0. The molecule has 142 valence electrons. The quantitative estimate of drug-likeness (QED) is 0.611. The Morgan fingerprint density at radius 1 is 1.00 bits per heavy atom. The highest BCUT2D eigenvalue weighted by molar-refractivity contribution is 6.07. The van der Waals surface area contributed by atoms with Gasteiger partial charge in [0, 0.05) is 11.6 Å². The summed E-state index contributed by atoms with van der Waals surface area (Å²) in [5.74, 6) is -1.96. The zero-order chi connectivity index (χ0) is 19.9. The third-order valence-corrected chi connectivity index (χ3v) is 4.16. The molecule has 2 aromatic carbocycles. The largest absolute Gasteiger partial charge is 0.461 e. The van der Waals surface area contributed by atoms with Crippen molar-refractivity contribution in [3.8, 4) is 0 Å². The minimum absolute atomic E-state index is 0.0775. The Morgan fingerprint density at radius 3 is 2.46 bits per heavy atom. The molecule has 2 amide bonds. The fraction of sp³-hybridized carbons (Fsp3) is 0.143. The second kappa shape index (κ2) is 8.77. The molecule has 3 N–H and O–H groups in total. The predicted octanol–water partition coefficient (Wildman–Crippen LogP) is 1.95. The van der Waals surface area contributed by atoms with Gasteiger partial charge in [-0.3, -0.25) is 19.4 Å². The molecule has 7 heteroatoms. The summed E-state index contributed by atoms with van der Waals surface area (Å²) in [6.45, 7) is 0.0775. The molecule has 0 fully saturated rings. The van der Waals surface area contributed by atoms with Crippen LogP contribution in [0.1, 0.15) is 22.3 Å². The fourth-order valence-electron chi connectivity index (χ4n) is 2.72. The molecular weight excluding hydrogens is 358 g/mol. The Balaban J connectivity index is 1.66. The molecule has 0 radical (unpaired) electrons. The first-order valence-corrected chi connectivity index (χ1v) is 8.68. The number of hydrogen-bond acceptors (Lipinski definition) is 5. The average molecular weight is 377 g/mol. The number of amides is 2. The summed E-state index contributed by atoms with van der Waals surface area (Å²) in [6.07, 6.45) is 1.15. The molecule has 1 atom stereocenters. The number of para-hydroxylation sites is 1. The van der Waals surface area contributed by atoms with Gasteiger partial charge in [-0.25, -0.2) is 0 Å². The number of primary amides is 1. The van der Waals surface area contributed by atoms with Crippen LogP contribution in [0.15, 0.2) is 66.9 Å². The molecule has 28 heavy (non-hydrogen) atoms. The Kier molecular flexibility index (Phi) is 5.96. The molecule has 0 aliphatic carbocycles. The van der Waals surface area contributed by atoms with E-state index in [0.29, 0.717) is 16.5 Å². The number of aromatic nitrogens is 1. The van der Waals surface area contributed by atoms with Crippen LogP contribution in [0.5, 0.6) is 0 Å². The van der Waals surface area contributed by atoms with E-state index in [1.165, 1.54) is 6.20 Å². The third-order valence-electron chi connectivity index (χ3n) is 4.16. The topological polar surface area (TPSA) is 111 Å². The van der Waals surface area contributed by atoms with E-state index in [-0.39, 0.29) is 13.0 Å². The normalized spacial score (nSPS) is 11.6. The summed E-state index contributed by atoms with van der Waals surface area (Å²) in [5, 5.41) is 3.15. The van der Waals surface area contributed by atoms with Crippen LogP contribution in [0.3, 0.4) is 0 Å². The minimum atomic E-state index is -1.18. The van der Waals surface area contributed by atoms with Crippen molar-refractivity contribution < 1.29 is 19.1 Å². The van der Waals surface area contributed by atoms with Gasteiger partial charge in [0.25, 0.3) is 5.91 Å². The van der Waals surface area contributed by atoms with Gasteiger partial charge >= 0.3 is 5.97 Å².